The summed E-state index contributed by atoms with van der Waals surface area (Å²) in [5.41, 5.74) is 1.73. The van der Waals surface area contributed by atoms with Crippen molar-refractivity contribution in [2.75, 3.05) is 18.5 Å². The Morgan fingerprint density at radius 1 is 1.18 bits per heavy atom. The molecule has 0 spiro atoms. The summed E-state index contributed by atoms with van der Waals surface area (Å²) in [5, 5.41) is 5.67. The standard InChI is InChI=1S/C22H29N3O3/c1-17-5-2-3-8-21(17)27-14-13-24-22(26)25-19-6-4-7-20(15-19)28-16-18-9-11-23-12-10-18/h4,6-7,9-12,15,17,21H,2-3,5,8,13-14,16H2,1H3,(H2,24,25,26)/t17-,21+/m0/s1. The highest BCUT2D eigenvalue weighted by Crippen LogP contribution is 2.26. The molecule has 2 atom stereocenters. The lowest BCUT2D eigenvalue weighted by Crippen LogP contribution is -2.34. The van der Waals surface area contributed by atoms with E-state index in [1.807, 2.05) is 30.3 Å². The Bertz CT molecular complexity index is 739. The number of anilines is 1. The van der Waals surface area contributed by atoms with E-state index in [-0.39, 0.29) is 6.03 Å². The Kier molecular flexibility index (Phi) is 7.67. The molecule has 2 amide bonds. The quantitative estimate of drug-likeness (QED) is 0.664. The van der Waals surface area contributed by atoms with Crippen molar-refractivity contribution in [2.24, 2.45) is 5.92 Å². The SMILES string of the molecule is C[C@H]1CCCC[C@H]1OCCNC(=O)Nc1cccc(OCc2ccncc2)c1. The first-order valence-corrected chi connectivity index (χ1v) is 9.99. The molecule has 150 valence electrons. The van der Waals surface area contributed by atoms with E-state index >= 15 is 0 Å². The van der Waals surface area contributed by atoms with Gasteiger partial charge in [-0.3, -0.25) is 4.98 Å². The van der Waals surface area contributed by atoms with Crippen molar-refractivity contribution >= 4 is 11.7 Å². The molecule has 2 aromatic rings. The summed E-state index contributed by atoms with van der Waals surface area (Å²) in [6, 6.07) is 10.9. The number of amides is 2. The number of pyridine rings is 1. The van der Waals surface area contributed by atoms with Crippen molar-refractivity contribution in [2.45, 2.75) is 45.3 Å². The maximum Gasteiger partial charge on any atom is 0.319 e. The van der Waals surface area contributed by atoms with E-state index in [0.717, 1.165) is 12.0 Å². The minimum Gasteiger partial charge on any atom is -0.489 e. The van der Waals surface area contributed by atoms with Crippen molar-refractivity contribution in [1.82, 2.24) is 10.3 Å². The van der Waals surface area contributed by atoms with Crippen LogP contribution in [0.4, 0.5) is 10.5 Å². The van der Waals surface area contributed by atoms with Gasteiger partial charge in [-0.15, -0.1) is 0 Å². The van der Waals surface area contributed by atoms with Crippen LogP contribution >= 0.6 is 0 Å². The van der Waals surface area contributed by atoms with E-state index < -0.39 is 0 Å². The van der Waals surface area contributed by atoms with Crippen LogP contribution in [0.1, 0.15) is 38.2 Å². The summed E-state index contributed by atoms with van der Waals surface area (Å²) in [6.07, 6.45) is 8.69. The average molecular weight is 383 g/mol. The molecule has 0 radical (unpaired) electrons. The molecule has 6 heteroatoms. The first-order valence-electron chi connectivity index (χ1n) is 9.99. The molecule has 0 unspecified atom stereocenters. The fourth-order valence-electron chi connectivity index (χ4n) is 3.39. The normalized spacial score (nSPS) is 19.0. The van der Waals surface area contributed by atoms with Crippen LogP contribution in [-0.2, 0) is 11.3 Å². The van der Waals surface area contributed by atoms with Gasteiger partial charge in [0.2, 0.25) is 0 Å². The first-order chi connectivity index (χ1) is 13.7. The first kappa shape index (κ1) is 20.1. The van der Waals surface area contributed by atoms with Gasteiger partial charge in [-0.25, -0.2) is 4.79 Å². The fourth-order valence-corrected chi connectivity index (χ4v) is 3.39. The van der Waals surface area contributed by atoms with Crippen LogP contribution in [0.3, 0.4) is 0 Å². The molecule has 1 aromatic heterocycles. The number of nitrogens with one attached hydrogen (secondary N) is 2. The number of nitrogens with zero attached hydrogens (tertiary/aromatic N) is 1. The van der Waals surface area contributed by atoms with Crippen molar-refractivity contribution in [3.8, 4) is 5.75 Å². The minimum atomic E-state index is -0.244. The second-order valence-corrected chi connectivity index (χ2v) is 7.22. The summed E-state index contributed by atoms with van der Waals surface area (Å²) in [6.45, 7) is 3.73. The highest BCUT2D eigenvalue weighted by atomic mass is 16.5. The zero-order valence-electron chi connectivity index (χ0n) is 16.4. The number of carbonyl (C=O) groups is 1. The van der Waals surface area contributed by atoms with Crippen molar-refractivity contribution in [1.29, 1.82) is 0 Å². The van der Waals surface area contributed by atoms with Crippen LogP contribution in [0.15, 0.2) is 48.8 Å². The number of urea groups is 1. The molecule has 1 aromatic carbocycles. The molecule has 1 heterocycles. The molecule has 0 saturated heterocycles. The lowest BCUT2D eigenvalue weighted by atomic mass is 9.88. The Morgan fingerprint density at radius 2 is 2.00 bits per heavy atom. The third kappa shape index (κ3) is 6.53. The van der Waals surface area contributed by atoms with Gasteiger partial charge in [0.25, 0.3) is 0 Å². The van der Waals surface area contributed by atoms with Crippen LogP contribution in [0.5, 0.6) is 5.75 Å². The molecule has 2 N–H and O–H groups in total. The van der Waals surface area contributed by atoms with Gasteiger partial charge < -0.3 is 20.1 Å². The number of carbonyl (C=O) groups excluding carboxylic acids is 1. The van der Waals surface area contributed by atoms with Gasteiger partial charge >= 0.3 is 6.03 Å². The molecule has 1 fully saturated rings. The third-order valence-corrected chi connectivity index (χ3v) is 5.00. The van der Waals surface area contributed by atoms with Crippen LogP contribution in [0.2, 0.25) is 0 Å². The van der Waals surface area contributed by atoms with Crippen LogP contribution in [0, 0.1) is 5.92 Å². The van der Waals surface area contributed by atoms with Gasteiger partial charge in [0, 0.05) is 30.7 Å². The van der Waals surface area contributed by atoms with E-state index in [1.54, 1.807) is 18.5 Å². The summed E-state index contributed by atoms with van der Waals surface area (Å²) in [7, 11) is 0. The largest absolute Gasteiger partial charge is 0.489 e. The van der Waals surface area contributed by atoms with Gasteiger partial charge in [-0.2, -0.15) is 0 Å². The molecule has 0 bridgehead atoms. The molecule has 0 aliphatic heterocycles. The zero-order chi connectivity index (χ0) is 19.6. The summed E-state index contributed by atoms with van der Waals surface area (Å²) >= 11 is 0. The zero-order valence-corrected chi connectivity index (χ0v) is 16.4. The van der Waals surface area contributed by atoms with Crippen molar-refractivity contribution in [3.63, 3.8) is 0 Å². The molecule has 1 aliphatic rings. The maximum atomic E-state index is 12.1. The highest BCUT2D eigenvalue weighted by Gasteiger charge is 2.21. The number of ether oxygens (including phenoxy) is 2. The number of rotatable bonds is 8. The van der Waals surface area contributed by atoms with E-state index in [1.165, 1.54) is 19.3 Å². The van der Waals surface area contributed by atoms with E-state index in [0.29, 0.717) is 43.2 Å². The van der Waals surface area contributed by atoms with E-state index in [9.17, 15) is 4.79 Å². The van der Waals surface area contributed by atoms with Gasteiger partial charge in [-0.1, -0.05) is 25.8 Å². The van der Waals surface area contributed by atoms with Gasteiger partial charge in [0.05, 0.1) is 12.7 Å². The minimum absolute atomic E-state index is 0.244. The second kappa shape index (κ2) is 10.7. The smallest absolute Gasteiger partial charge is 0.319 e. The predicted octanol–water partition coefficient (Wildman–Crippen LogP) is 4.38. The number of hydrogen-bond donors (Lipinski definition) is 2. The lowest BCUT2D eigenvalue weighted by molar-refractivity contribution is -0.00232. The molecule has 1 aliphatic carbocycles. The Morgan fingerprint density at radius 3 is 2.82 bits per heavy atom. The molecular weight excluding hydrogens is 354 g/mol. The average Bonchev–Trinajstić information content (AvgIpc) is 2.72. The Hall–Kier alpha value is -2.60. The van der Waals surface area contributed by atoms with Gasteiger partial charge in [0.1, 0.15) is 12.4 Å². The third-order valence-electron chi connectivity index (χ3n) is 5.00. The monoisotopic (exact) mass is 383 g/mol. The van der Waals surface area contributed by atoms with Gasteiger partial charge in [0.15, 0.2) is 0 Å². The fraction of sp³-hybridized carbons (Fsp3) is 0.455. The number of benzene rings is 1. The number of aromatic nitrogens is 1. The molecule has 3 rings (SSSR count). The predicted molar refractivity (Wildman–Crippen MR) is 109 cm³/mol. The van der Waals surface area contributed by atoms with Gasteiger partial charge in [-0.05, 0) is 48.6 Å². The van der Waals surface area contributed by atoms with Crippen LogP contribution < -0.4 is 15.4 Å². The van der Waals surface area contributed by atoms with Crippen molar-refractivity contribution in [3.05, 3.63) is 54.4 Å². The lowest BCUT2D eigenvalue weighted by Gasteiger charge is -2.28. The van der Waals surface area contributed by atoms with Crippen LogP contribution in [0.25, 0.3) is 0 Å². The van der Waals surface area contributed by atoms with Crippen LogP contribution in [-0.4, -0.2) is 30.3 Å². The Labute approximate surface area is 166 Å². The summed E-state index contributed by atoms with van der Waals surface area (Å²) in [5.74, 6) is 1.31. The molecular formula is C22H29N3O3. The molecule has 6 nitrogen and oxygen atoms in total. The Balaban J connectivity index is 1.37. The maximum absolute atomic E-state index is 12.1. The summed E-state index contributed by atoms with van der Waals surface area (Å²) < 4.78 is 11.7. The second-order valence-electron chi connectivity index (χ2n) is 7.22. The highest BCUT2D eigenvalue weighted by molar-refractivity contribution is 5.89. The molecule has 1 saturated carbocycles. The topological polar surface area (TPSA) is 72.5 Å². The van der Waals surface area contributed by atoms with Crippen molar-refractivity contribution < 1.29 is 14.3 Å². The summed E-state index contributed by atoms with van der Waals surface area (Å²) in [4.78, 5) is 16.1. The number of hydrogen-bond acceptors (Lipinski definition) is 4. The van der Waals surface area contributed by atoms with E-state index in [4.69, 9.17) is 9.47 Å². The van der Waals surface area contributed by atoms with E-state index in [2.05, 4.69) is 22.5 Å². The molecule has 28 heavy (non-hydrogen) atoms.